The molecule has 1 aromatic rings. The first-order valence-electron chi connectivity index (χ1n) is 3.93. The second kappa shape index (κ2) is 4.71. The molecule has 1 aromatic heterocycles. The molecule has 7 heteroatoms. The standard InChI is InChI=1S/C7H11BrN2O2S2/c1-5(4-9)10-14(11,12)7-3-2-6(8)13-7/h2-3,5,10H,4,9H2,1H3/t5-/m1/s1. The fourth-order valence-corrected chi connectivity index (χ4v) is 4.10. The van der Waals surface area contributed by atoms with Crippen molar-refractivity contribution in [2.75, 3.05) is 6.54 Å². The molecule has 0 unspecified atom stereocenters. The van der Waals surface area contributed by atoms with Crippen LogP contribution in [-0.4, -0.2) is 21.0 Å². The molecule has 4 nitrogen and oxygen atoms in total. The van der Waals surface area contributed by atoms with Crippen LogP contribution in [0.15, 0.2) is 20.1 Å². The van der Waals surface area contributed by atoms with Crippen LogP contribution in [0.1, 0.15) is 6.92 Å². The van der Waals surface area contributed by atoms with E-state index < -0.39 is 10.0 Å². The van der Waals surface area contributed by atoms with Crippen LogP contribution in [0.3, 0.4) is 0 Å². The molecule has 0 aliphatic rings. The molecule has 80 valence electrons. The number of nitrogens with two attached hydrogens (primary N) is 1. The largest absolute Gasteiger partial charge is 0.329 e. The number of thiophene rings is 1. The van der Waals surface area contributed by atoms with Crippen LogP contribution in [0.4, 0.5) is 0 Å². The lowest BCUT2D eigenvalue weighted by Gasteiger charge is -2.09. The topological polar surface area (TPSA) is 72.2 Å². The first kappa shape index (κ1) is 12.1. The van der Waals surface area contributed by atoms with E-state index in [-0.39, 0.29) is 12.6 Å². The lowest BCUT2D eigenvalue weighted by molar-refractivity contribution is 0.564. The molecule has 1 rings (SSSR count). The van der Waals surface area contributed by atoms with Crippen molar-refractivity contribution in [2.45, 2.75) is 17.2 Å². The summed E-state index contributed by atoms with van der Waals surface area (Å²) in [6.07, 6.45) is 0. The smallest absolute Gasteiger partial charge is 0.250 e. The van der Waals surface area contributed by atoms with Crippen LogP contribution in [0.2, 0.25) is 0 Å². The highest BCUT2D eigenvalue weighted by Crippen LogP contribution is 2.25. The maximum Gasteiger partial charge on any atom is 0.250 e. The van der Waals surface area contributed by atoms with Crippen LogP contribution in [0.5, 0.6) is 0 Å². The van der Waals surface area contributed by atoms with E-state index in [1.54, 1.807) is 19.1 Å². The van der Waals surface area contributed by atoms with Crippen LogP contribution < -0.4 is 10.5 Å². The Labute approximate surface area is 95.7 Å². The Balaban J connectivity index is 2.86. The Morgan fingerprint density at radius 3 is 2.71 bits per heavy atom. The summed E-state index contributed by atoms with van der Waals surface area (Å²) < 4.78 is 26.8. The van der Waals surface area contributed by atoms with Crippen molar-refractivity contribution in [3.05, 3.63) is 15.9 Å². The maximum absolute atomic E-state index is 11.6. The first-order valence-corrected chi connectivity index (χ1v) is 7.02. The molecule has 0 aromatic carbocycles. The Bertz CT molecular complexity index is 402. The normalized spacial score (nSPS) is 14.2. The number of hydrogen-bond donors (Lipinski definition) is 2. The van der Waals surface area contributed by atoms with Gasteiger partial charge in [-0.2, -0.15) is 0 Å². The third-order valence-electron chi connectivity index (χ3n) is 1.52. The fraction of sp³-hybridized carbons (Fsp3) is 0.429. The van der Waals surface area contributed by atoms with Crippen molar-refractivity contribution >= 4 is 37.3 Å². The van der Waals surface area contributed by atoms with Gasteiger partial charge in [-0.3, -0.25) is 0 Å². The minimum Gasteiger partial charge on any atom is -0.329 e. The van der Waals surface area contributed by atoms with E-state index in [0.717, 1.165) is 3.79 Å². The van der Waals surface area contributed by atoms with Crippen molar-refractivity contribution in [3.63, 3.8) is 0 Å². The van der Waals surface area contributed by atoms with Crippen LogP contribution in [-0.2, 0) is 10.0 Å². The Morgan fingerprint density at radius 1 is 1.64 bits per heavy atom. The zero-order chi connectivity index (χ0) is 10.8. The van der Waals surface area contributed by atoms with E-state index in [1.807, 2.05) is 0 Å². The summed E-state index contributed by atoms with van der Waals surface area (Å²) in [5.41, 5.74) is 5.33. The summed E-state index contributed by atoms with van der Waals surface area (Å²) in [5.74, 6) is 0. The van der Waals surface area contributed by atoms with Gasteiger partial charge in [0.15, 0.2) is 0 Å². The molecule has 1 heterocycles. The predicted molar refractivity (Wildman–Crippen MR) is 60.9 cm³/mol. The summed E-state index contributed by atoms with van der Waals surface area (Å²) in [7, 11) is -3.39. The van der Waals surface area contributed by atoms with Crippen LogP contribution in [0, 0.1) is 0 Å². The summed E-state index contributed by atoms with van der Waals surface area (Å²) >= 11 is 4.38. The first-order chi connectivity index (χ1) is 6.45. The Morgan fingerprint density at radius 2 is 2.29 bits per heavy atom. The molecule has 0 amide bonds. The Hall–Kier alpha value is 0.0500. The average Bonchev–Trinajstić information content (AvgIpc) is 2.51. The van der Waals surface area contributed by atoms with Gasteiger partial charge in [0.05, 0.1) is 3.79 Å². The Kier molecular flexibility index (Phi) is 4.08. The molecule has 0 fully saturated rings. The SMILES string of the molecule is C[C@H](CN)NS(=O)(=O)c1ccc(Br)s1. The third kappa shape index (κ3) is 3.03. The summed E-state index contributed by atoms with van der Waals surface area (Å²) in [6.45, 7) is 2.01. The zero-order valence-electron chi connectivity index (χ0n) is 7.53. The van der Waals surface area contributed by atoms with E-state index in [0.29, 0.717) is 4.21 Å². The lowest BCUT2D eigenvalue weighted by Crippen LogP contribution is -2.37. The molecule has 0 bridgehead atoms. The molecule has 3 N–H and O–H groups in total. The van der Waals surface area contributed by atoms with Gasteiger partial charge in [0.1, 0.15) is 4.21 Å². The van der Waals surface area contributed by atoms with Gasteiger partial charge in [-0.1, -0.05) is 0 Å². The molecule has 0 radical (unpaired) electrons. The number of rotatable bonds is 4. The van der Waals surface area contributed by atoms with Crippen LogP contribution >= 0.6 is 27.3 Å². The van der Waals surface area contributed by atoms with Crippen molar-refractivity contribution in [3.8, 4) is 0 Å². The van der Waals surface area contributed by atoms with E-state index in [2.05, 4.69) is 20.7 Å². The van der Waals surface area contributed by atoms with Gasteiger partial charge in [0, 0.05) is 12.6 Å². The molecule has 14 heavy (non-hydrogen) atoms. The van der Waals surface area contributed by atoms with Gasteiger partial charge in [0.2, 0.25) is 10.0 Å². The molecular formula is C7H11BrN2O2S2. The van der Waals surface area contributed by atoms with Crippen LogP contribution in [0.25, 0.3) is 0 Å². The molecule has 0 saturated carbocycles. The maximum atomic E-state index is 11.6. The monoisotopic (exact) mass is 298 g/mol. The van der Waals surface area contributed by atoms with Gasteiger partial charge in [-0.05, 0) is 35.0 Å². The predicted octanol–water partition coefficient (Wildman–Crippen LogP) is 1.14. The molecule has 0 spiro atoms. The molecule has 1 atom stereocenters. The van der Waals surface area contributed by atoms with E-state index >= 15 is 0 Å². The van der Waals surface area contributed by atoms with Gasteiger partial charge >= 0.3 is 0 Å². The number of nitrogens with one attached hydrogen (secondary N) is 1. The van der Waals surface area contributed by atoms with E-state index in [4.69, 9.17) is 5.73 Å². The lowest BCUT2D eigenvalue weighted by atomic mass is 10.4. The fourth-order valence-electron chi connectivity index (χ4n) is 0.813. The van der Waals surface area contributed by atoms with Gasteiger partial charge in [-0.25, -0.2) is 13.1 Å². The van der Waals surface area contributed by atoms with Crippen molar-refractivity contribution in [1.29, 1.82) is 0 Å². The molecule has 0 aliphatic heterocycles. The molecular weight excluding hydrogens is 288 g/mol. The third-order valence-corrected chi connectivity index (χ3v) is 5.23. The average molecular weight is 299 g/mol. The number of hydrogen-bond acceptors (Lipinski definition) is 4. The van der Waals surface area contributed by atoms with Crippen molar-refractivity contribution in [2.24, 2.45) is 5.73 Å². The van der Waals surface area contributed by atoms with Gasteiger partial charge in [0.25, 0.3) is 0 Å². The summed E-state index contributed by atoms with van der Waals surface area (Å²) in [4.78, 5) is 0. The minimum atomic E-state index is -3.39. The highest BCUT2D eigenvalue weighted by molar-refractivity contribution is 9.11. The molecule has 0 saturated heterocycles. The zero-order valence-corrected chi connectivity index (χ0v) is 10.7. The minimum absolute atomic E-state index is 0.249. The highest BCUT2D eigenvalue weighted by Gasteiger charge is 2.18. The second-order valence-electron chi connectivity index (χ2n) is 2.82. The van der Waals surface area contributed by atoms with Crippen molar-refractivity contribution in [1.82, 2.24) is 4.72 Å². The van der Waals surface area contributed by atoms with Gasteiger partial charge in [-0.15, -0.1) is 11.3 Å². The summed E-state index contributed by atoms with van der Waals surface area (Å²) in [5, 5.41) is 0. The van der Waals surface area contributed by atoms with Crippen molar-refractivity contribution < 1.29 is 8.42 Å². The van der Waals surface area contributed by atoms with Gasteiger partial charge < -0.3 is 5.73 Å². The second-order valence-corrected chi connectivity index (χ2v) is 7.22. The quantitative estimate of drug-likeness (QED) is 0.875. The highest BCUT2D eigenvalue weighted by atomic mass is 79.9. The van der Waals surface area contributed by atoms with E-state index in [9.17, 15) is 8.42 Å². The number of halogens is 1. The van der Waals surface area contributed by atoms with E-state index in [1.165, 1.54) is 11.3 Å². The number of sulfonamides is 1. The molecule has 0 aliphatic carbocycles. The summed E-state index contributed by atoms with van der Waals surface area (Å²) in [6, 6.07) is 3.01.